The van der Waals surface area contributed by atoms with Gasteiger partial charge in [0.25, 0.3) is 0 Å². The first-order valence-corrected chi connectivity index (χ1v) is 4.21. The van der Waals surface area contributed by atoms with Gasteiger partial charge in [0.15, 0.2) is 0 Å². The molecule has 0 aliphatic heterocycles. The van der Waals surface area contributed by atoms with Crippen molar-refractivity contribution in [3.05, 3.63) is 41.5 Å². The van der Waals surface area contributed by atoms with E-state index < -0.39 is 5.97 Å². The Kier molecular flexibility index (Phi) is 3.88. The minimum atomic E-state index is -0.942. The molecule has 74 valence electrons. The molecule has 0 saturated heterocycles. The quantitative estimate of drug-likeness (QED) is 0.741. The van der Waals surface area contributed by atoms with Gasteiger partial charge in [-0.15, -0.1) is 0 Å². The molecule has 0 aliphatic rings. The molecule has 14 heavy (non-hydrogen) atoms. The van der Waals surface area contributed by atoms with Gasteiger partial charge in [-0.1, -0.05) is 18.2 Å². The Labute approximate surface area is 82.6 Å². The van der Waals surface area contributed by atoms with Crippen LogP contribution < -0.4 is 0 Å². The SMILES string of the molecule is COCc1cccc(C=CC(=O)O)c1. The van der Waals surface area contributed by atoms with Crippen molar-refractivity contribution >= 4 is 12.0 Å². The summed E-state index contributed by atoms with van der Waals surface area (Å²) in [5.74, 6) is -0.942. The first-order chi connectivity index (χ1) is 6.72. The number of methoxy groups -OCH3 is 1. The van der Waals surface area contributed by atoms with Gasteiger partial charge in [-0.25, -0.2) is 4.79 Å². The number of hydrogen-bond acceptors (Lipinski definition) is 2. The average Bonchev–Trinajstić information content (AvgIpc) is 2.16. The first kappa shape index (κ1) is 10.5. The predicted molar refractivity (Wildman–Crippen MR) is 53.8 cm³/mol. The average molecular weight is 192 g/mol. The molecule has 0 amide bonds. The predicted octanol–water partition coefficient (Wildman–Crippen LogP) is 1.93. The molecular formula is C11H12O3. The van der Waals surface area contributed by atoms with Gasteiger partial charge in [0.1, 0.15) is 0 Å². The molecule has 0 saturated carbocycles. The molecule has 0 fully saturated rings. The zero-order valence-corrected chi connectivity index (χ0v) is 7.93. The molecule has 0 aliphatic carbocycles. The third kappa shape index (κ3) is 3.41. The molecule has 0 heterocycles. The van der Waals surface area contributed by atoms with E-state index in [1.807, 2.05) is 24.3 Å². The monoisotopic (exact) mass is 192 g/mol. The van der Waals surface area contributed by atoms with Gasteiger partial charge in [-0.3, -0.25) is 0 Å². The van der Waals surface area contributed by atoms with E-state index in [1.165, 1.54) is 0 Å². The lowest BCUT2D eigenvalue weighted by atomic mass is 10.1. The van der Waals surface area contributed by atoms with E-state index in [4.69, 9.17) is 9.84 Å². The van der Waals surface area contributed by atoms with E-state index in [0.29, 0.717) is 6.61 Å². The van der Waals surface area contributed by atoms with Gasteiger partial charge < -0.3 is 9.84 Å². The van der Waals surface area contributed by atoms with Crippen molar-refractivity contribution in [3.8, 4) is 0 Å². The van der Waals surface area contributed by atoms with Gasteiger partial charge in [-0.2, -0.15) is 0 Å². The maximum atomic E-state index is 10.3. The molecule has 3 nitrogen and oxygen atoms in total. The summed E-state index contributed by atoms with van der Waals surface area (Å²) in [6, 6.07) is 7.54. The van der Waals surface area contributed by atoms with Crippen LogP contribution in [0.1, 0.15) is 11.1 Å². The van der Waals surface area contributed by atoms with Crippen LogP contribution in [0.4, 0.5) is 0 Å². The van der Waals surface area contributed by atoms with E-state index in [0.717, 1.165) is 17.2 Å². The largest absolute Gasteiger partial charge is 0.478 e. The number of benzene rings is 1. The van der Waals surface area contributed by atoms with Crippen LogP contribution >= 0.6 is 0 Å². The Bertz CT molecular complexity index is 342. The molecule has 0 radical (unpaired) electrons. The second-order valence-electron chi connectivity index (χ2n) is 2.85. The Morgan fingerprint density at radius 2 is 2.36 bits per heavy atom. The highest BCUT2D eigenvalue weighted by molar-refractivity contribution is 5.85. The van der Waals surface area contributed by atoms with Crippen LogP contribution in [-0.4, -0.2) is 18.2 Å². The normalized spacial score (nSPS) is 10.6. The molecule has 1 aromatic carbocycles. The highest BCUT2D eigenvalue weighted by Gasteiger charge is 1.93. The third-order valence-electron chi connectivity index (χ3n) is 1.68. The molecule has 0 bridgehead atoms. The Hall–Kier alpha value is -1.61. The summed E-state index contributed by atoms with van der Waals surface area (Å²) in [5.41, 5.74) is 1.89. The van der Waals surface area contributed by atoms with E-state index in [1.54, 1.807) is 13.2 Å². The van der Waals surface area contributed by atoms with E-state index in [9.17, 15) is 4.79 Å². The minimum Gasteiger partial charge on any atom is -0.478 e. The Morgan fingerprint density at radius 1 is 1.57 bits per heavy atom. The van der Waals surface area contributed by atoms with Crippen LogP contribution in [0, 0.1) is 0 Å². The van der Waals surface area contributed by atoms with E-state index in [2.05, 4.69) is 0 Å². The number of aliphatic carboxylic acids is 1. The topological polar surface area (TPSA) is 46.5 Å². The summed E-state index contributed by atoms with van der Waals surface area (Å²) in [5, 5.41) is 8.44. The standard InChI is InChI=1S/C11H12O3/c1-14-8-10-4-2-3-9(7-10)5-6-11(12)13/h2-7H,8H2,1H3,(H,12,13). The lowest BCUT2D eigenvalue weighted by Gasteiger charge is -2.00. The molecule has 1 rings (SSSR count). The lowest BCUT2D eigenvalue weighted by molar-refractivity contribution is -0.131. The van der Waals surface area contributed by atoms with Crippen LogP contribution in [0.15, 0.2) is 30.3 Å². The summed E-state index contributed by atoms with van der Waals surface area (Å²) >= 11 is 0. The summed E-state index contributed by atoms with van der Waals surface area (Å²) in [6.45, 7) is 0.536. The van der Waals surface area contributed by atoms with Crippen molar-refractivity contribution in [2.75, 3.05) is 7.11 Å². The molecule has 0 aromatic heterocycles. The molecule has 3 heteroatoms. The highest BCUT2D eigenvalue weighted by Crippen LogP contribution is 2.07. The van der Waals surface area contributed by atoms with Crippen molar-refractivity contribution in [1.29, 1.82) is 0 Å². The molecule has 0 spiro atoms. The first-order valence-electron chi connectivity index (χ1n) is 4.21. The molecule has 1 aromatic rings. The van der Waals surface area contributed by atoms with Crippen molar-refractivity contribution in [3.63, 3.8) is 0 Å². The zero-order valence-electron chi connectivity index (χ0n) is 7.93. The maximum Gasteiger partial charge on any atom is 0.328 e. The minimum absolute atomic E-state index is 0.536. The van der Waals surface area contributed by atoms with Crippen molar-refractivity contribution in [2.24, 2.45) is 0 Å². The highest BCUT2D eigenvalue weighted by atomic mass is 16.5. The van der Waals surface area contributed by atoms with Gasteiger partial charge in [-0.05, 0) is 23.3 Å². The fraction of sp³-hybridized carbons (Fsp3) is 0.182. The van der Waals surface area contributed by atoms with Crippen LogP contribution in [0.5, 0.6) is 0 Å². The molecular weight excluding hydrogens is 180 g/mol. The number of carboxylic acid groups (broad SMARTS) is 1. The second-order valence-corrected chi connectivity index (χ2v) is 2.85. The summed E-state index contributed by atoms with van der Waals surface area (Å²) in [4.78, 5) is 10.3. The fourth-order valence-corrected chi connectivity index (χ4v) is 1.12. The summed E-state index contributed by atoms with van der Waals surface area (Å²) in [6.07, 6.45) is 2.67. The van der Waals surface area contributed by atoms with E-state index >= 15 is 0 Å². The summed E-state index contributed by atoms with van der Waals surface area (Å²) in [7, 11) is 1.62. The van der Waals surface area contributed by atoms with Crippen molar-refractivity contribution in [1.82, 2.24) is 0 Å². The van der Waals surface area contributed by atoms with Crippen molar-refractivity contribution in [2.45, 2.75) is 6.61 Å². The second kappa shape index (κ2) is 5.19. The van der Waals surface area contributed by atoms with Gasteiger partial charge in [0.2, 0.25) is 0 Å². The van der Waals surface area contributed by atoms with Crippen LogP contribution in [-0.2, 0) is 16.1 Å². The van der Waals surface area contributed by atoms with Crippen LogP contribution in [0.2, 0.25) is 0 Å². The molecule has 0 atom stereocenters. The Morgan fingerprint density at radius 3 is 3.00 bits per heavy atom. The fourth-order valence-electron chi connectivity index (χ4n) is 1.12. The Balaban J connectivity index is 2.77. The number of carboxylic acids is 1. The van der Waals surface area contributed by atoms with Gasteiger partial charge in [0, 0.05) is 13.2 Å². The molecule has 1 N–H and O–H groups in total. The number of hydrogen-bond donors (Lipinski definition) is 1. The zero-order chi connectivity index (χ0) is 10.4. The van der Waals surface area contributed by atoms with Crippen LogP contribution in [0.3, 0.4) is 0 Å². The lowest BCUT2D eigenvalue weighted by Crippen LogP contribution is -1.88. The number of ether oxygens (including phenoxy) is 1. The third-order valence-corrected chi connectivity index (χ3v) is 1.68. The van der Waals surface area contributed by atoms with Crippen LogP contribution in [0.25, 0.3) is 6.08 Å². The van der Waals surface area contributed by atoms with Crippen molar-refractivity contribution < 1.29 is 14.6 Å². The van der Waals surface area contributed by atoms with Gasteiger partial charge in [0.05, 0.1) is 6.61 Å². The number of carbonyl (C=O) groups is 1. The van der Waals surface area contributed by atoms with E-state index in [-0.39, 0.29) is 0 Å². The molecule has 0 unspecified atom stereocenters. The maximum absolute atomic E-state index is 10.3. The van der Waals surface area contributed by atoms with Gasteiger partial charge >= 0.3 is 5.97 Å². The summed E-state index contributed by atoms with van der Waals surface area (Å²) < 4.78 is 4.97. The number of rotatable bonds is 4. The smallest absolute Gasteiger partial charge is 0.328 e.